The van der Waals surface area contributed by atoms with Gasteiger partial charge in [0.25, 0.3) is 5.91 Å². The lowest BCUT2D eigenvalue weighted by Gasteiger charge is -2.11. The number of halogens is 2. The number of benzene rings is 2. The number of nitrogens with zero attached hydrogens (tertiary/aromatic N) is 1. The summed E-state index contributed by atoms with van der Waals surface area (Å²) in [4.78, 5) is 23.8. The van der Waals surface area contributed by atoms with Crippen LogP contribution in [0.4, 0.5) is 5.69 Å². The molecule has 1 amide bonds. The Morgan fingerprint density at radius 3 is 2.61 bits per heavy atom. The molecule has 0 aliphatic rings. The van der Waals surface area contributed by atoms with Crippen LogP contribution in [-0.2, 0) is 14.3 Å². The standard InChI is InChI=1S/C20H16BrIN2O4/c1-2-27-18(25)12-28-19-16(21)9-13(10-17(19)22)8-14(11-23)20(26)24-15-6-4-3-5-7-15/h3-10H,2,12H2,1H3,(H,24,26)/b14-8-. The van der Waals surface area contributed by atoms with E-state index >= 15 is 0 Å². The van der Waals surface area contributed by atoms with Crippen LogP contribution in [0, 0.1) is 14.9 Å². The summed E-state index contributed by atoms with van der Waals surface area (Å²) in [5, 5.41) is 12.0. The van der Waals surface area contributed by atoms with Crippen LogP contribution >= 0.6 is 38.5 Å². The van der Waals surface area contributed by atoms with Crippen LogP contribution < -0.4 is 10.1 Å². The van der Waals surface area contributed by atoms with E-state index in [4.69, 9.17) is 9.47 Å². The summed E-state index contributed by atoms with van der Waals surface area (Å²) in [6.07, 6.45) is 1.49. The van der Waals surface area contributed by atoms with E-state index < -0.39 is 11.9 Å². The third-order valence-corrected chi connectivity index (χ3v) is 4.76. The average molecular weight is 555 g/mol. The summed E-state index contributed by atoms with van der Waals surface area (Å²) in [6, 6.07) is 14.3. The molecule has 2 aromatic rings. The summed E-state index contributed by atoms with van der Waals surface area (Å²) in [6.45, 7) is 1.80. The molecule has 0 saturated carbocycles. The molecule has 6 nitrogen and oxygen atoms in total. The largest absolute Gasteiger partial charge is 0.480 e. The molecule has 0 bridgehead atoms. The second-order valence-electron chi connectivity index (χ2n) is 5.40. The van der Waals surface area contributed by atoms with Crippen molar-refractivity contribution < 1.29 is 19.1 Å². The number of anilines is 1. The van der Waals surface area contributed by atoms with Gasteiger partial charge in [0.1, 0.15) is 17.4 Å². The molecule has 8 heteroatoms. The highest BCUT2D eigenvalue weighted by Crippen LogP contribution is 2.32. The van der Waals surface area contributed by atoms with Crippen LogP contribution in [0.1, 0.15) is 12.5 Å². The molecule has 0 heterocycles. The fourth-order valence-electron chi connectivity index (χ4n) is 2.17. The average Bonchev–Trinajstić information content (AvgIpc) is 2.66. The van der Waals surface area contributed by atoms with Gasteiger partial charge in [-0.05, 0) is 81.3 Å². The van der Waals surface area contributed by atoms with E-state index in [1.807, 2.05) is 12.1 Å². The van der Waals surface area contributed by atoms with Crippen LogP contribution in [0.2, 0.25) is 0 Å². The van der Waals surface area contributed by atoms with Crippen LogP contribution in [0.5, 0.6) is 5.75 Å². The van der Waals surface area contributed by atoms with E-state index in [2.05, 4.69) is 43.8 Å². The van der Waals surface area contributed by atoms with Gasteiger partial charge >= 0.3 is 5.97 Å². The van der Waals surface area contributed by atoms with Gasteiger partial charge in [0, 0.05) is 5.69 Å². The first kappa shape index (κ1) is 21.9. The number of hydrogen-bond donors (Lipinski definition) is 1. The second-order valence-corrected chi connectivity index (χ2v) is 7.41. The first-order valence-electron chi connectivity index (χ1n) is 8.20. The highest BCUT2D eigenvalue weighted by atomic mass is 127. The Kier molecular flexibility index (Phi) is 8.47. The van der Waals surface area contributed by atoms with Gasteiger partial charge in [-0.3, -0.25) is 4.79 Å². The normalized spacial score (nSPS) is 10.7. The molecule has 1 N–H and O–H groups in total. The fourth-order valence-corrected chi connectivity index (χ4v) is 3.94. The molecular formula is C20H16BrIN2O4. The second kappa shape index (κ2) is 10.8. The molecule has 0 atom stereocenters. The van der Waals surface area contributed by atoms with Crippen LogP contribution in [0.25, 0.3) is 6.08 Å². The summed E-state index contributed by atoms with van der Waals surface area (Å²) in [7, 11) is 0. The van der Waals surface area contributed by atoms with E-state index in [-0.39, 0.29) is 18.8 Å². The zero-order valence-corrected chi connectivity index (χ0v) is 18.6. The topological polar surface area (TPSA) is 88.4 Å². The maximum absolute atomic E-state index is 12.3. The Balaban J connectivity index is 2.18. The van der Waals surface area contributed by atoms with Gasteiger partial charge < -0.3 is 14.8 Å². The van der Waals surface area contributed by atoms with Crippen molar-refractivity contribution in [3.8, 4) is 11.8 Å². The van der Waals surface area contributed by atoms with Crippen molar-refractivity contribution in [2.24, 2.45) is 0 Å². The molecule has 2 aromatic carbocycles. The molecule has 0 aromatic heterocycles. The van der Waals surface area contributed by atoms with E-state index in [1.54, 1.807) is 43.3 Å². The number of nitriles is 1. The molecule has 28 heavy (non-hydrogen) atoms. The maximum Gasteiger partial charge on any atom is 0.344 e. The summed E-state index contributed by atoms with van der Waals surface area (Å²) < 4.78 is 11.6. The van der Waals surface area contributed by atoms with Crippen LogP contribution in [-0.4, -0.2) is 25.1 Å². The third kappa shape index (κ3) is 6.35. The van der Waals surface area contributed by atoms with Crippen molar-refractivity contribution in [3.63, 3.8) is 0 Å². The molecule has 2 rings (SSSR count). The monoisotopic (exact) mass is 554 g/mol. The van der Waals surface area contributed by atoms with E-state index in [0.29, 0.717) is 25.0 Å². The summed E-state index contributed by atoms with van der Waals surface area (Å²) in [5.74, 6) is -0.473. The van der Waals surface area contributed by atoms with Crippen molar-refractivity contribution in [2.45, 2.75) is 6.92 Å². The number of nitrogens with one attached hydrogen (secondary N) is 1. The van der Waals surface area contributed by atoms with Crippen molar-refractivity contribution in [2.75, 3.05) is 18.5 Å². The minimum atomic E-state index is -0.498. The fraction of sp³-hybridized carbons (Fsp3) is 0.150. The van der Waals surface area contributed by atoms with Gasteiger partial charge in [-0.25, -0.2) is 4.79 Å². The minimum absolute atomic E-state index is 0.0354. The third-order valence-electron chi connectivity index (χ3n) is 3.37. The first-order valence-corrected chi connectivity index (χ1v) is 10.1. The van der Waals surface area contributed by atoms with E-state index in [1.165, 1.54) is 6.08 Å². The summed E-state index contributed by atoms with van der Waals surface area (Å²) in [5.41, 5.74) is 1.21. The Morgan fingerprint density at radius 1 is 1.29 bits per heavy atom. The number of ether oxygens (including phenoxy) is 2. The number of hydrogen-bond acceptors (Lipinski definition) is 5. The van der Waals surface area contributed by atoms with Gasteiger partial charge in [0.15, 0.2) is 6.61 Å². The zero-order valence-electron chi connectivity index (χ0n) is 14.9. The number of esters is 1. The van der Waals surface area contributed by atoms with Gasteiger partial charge in [0.05, 0.1) is 14.6 Å². The molecule has 0 saturated heterocycles. The predicted octanol–water partition coefficient (Wildman–Crippen LogP) is 4.54. The Labute approximate surface area is 184 Å². The molecule has 0 aliphatic heterocycles. The number of rotatable bonds is 7. The lowest BCUT2D eigenvalue weighted by molar-refractivity contribution is -0.145. The molecule has 0 spiro atoms. The Hall–Kier alpha value is -2.38. The van der Waals surface area contributed by atoms with Gasteiger partial charge in [-0.1, -0.05) is 18.2 Å². The number of para-hydroxylation sites is 1. The predicted molar refractivity (Wildman–Crippen MR) is 118 cm³/mol. The van der Waals surface area contributed by atoms with Gasteiger partial charge in [-0.15, -0.1) is 0 Å². The maximum atomic E-state index is 12.3. The number of carbonyl (C=O) groups is 2. The SMILES string of the molecule is CCOC(=O)COc1c(Br)cc(/C=C(/C#N)C(=O)Nc2ccccc2)cc1I. The van der Waals surface area contributed by atoms with Crippen LogP contribution in [0.15, 0.2) is 52.5 Å². The van der Waals surface area contributed by atoms with E-state index in [0.717, 1.165) is 0 Å². The van der Waals surface area contributed by atoms with Crippen molar-refractivity contribution >= 4 is 62.2 Å². The molecular weight excluding hydrogens is 539 g/mol. The van der Waals surface area contributed by atoms with Crippen molar-refractivity contribution in [1.29, 1.82) is 5.26 Å². The van der Waals surface area contributed by atoms with Crippen molar-refractivity contribution in [1.82, 2.24) is 0 Å². The molecule has 0 fully saturated rings. The highest BCUT2D eigenvalue weighted by Gasteiger charge is 2.14. The Morgan fingerprint density at radius 2 is 2.00 bits per heavy atom. The Bertz CT molecular complexity index is 916. The number of amides is 1. The smallest absolute Gasteiger partial charge is 0.344 e. The highest BCUT2D eigenvalue weighted by molar-refractivity contribution is 14.1. The van der Waals surface area contributed by atoms with Crippen LogP contribution in [0.3, 0.4) is 0 Å². The summed E-state index contributed by atoms with van der Waals surface area (Å²) >= 11 is 5.45. The lowest BCUT2D eigenvalue weighted by Crippen LogP contribution is -2.15. The zero-order chi connectivity index (χ0) is 20.5. The molecule has 144 valence electrons. The quantitative estimate of drug-likeness (QED) is 0.235. The van der Waals surface area contributed by atoms with Crippen molar-refractivity contribution in [3.05, 3.63) is 61.6 Å². The van der Waals surface area contributed by atoms with Gasteiger partial charge in [0.2, 0.25) is 0 Å². The first-order chi connectivity index (χ1) is 13.4. The molecule has 0 radical (unpaired) electrons. The lowest BCUT2D eigenvalue weighted by atomic mass is 10.1. The minimum Gasteiger partial charge on any atom is -0.480 e. The molecule has 0 unspecified atom stereocenters. The number of carbonyl (C=O) groups excluding carboxylic acids is 2. The van der Waals surface area contributed by atoms with E-state index in [9.17, 15) is 14.9 Å². The van der Waals surface area contributed by atoms with Gasteiger partial charge in [-0.2, -0.15) is 5.26 Å². The molecule has 0 aliphatic carbocycles.